The number of nitrogens with zero attached hydrogens (tertiary/aromatic N) is 3. The first-order valence-electron chi connectivity index (χ1n) is 9.62. The zero-order chi connectivity index (χ0) is 20.4. The van der Waals surface area contributed by atoms with Gasteiger partial charge in [-0.2, -0.15) is 5.10 Å². The van der Waals surface area contributed by atoms with Gasteiger partial charge >= 0.3 is 0 Å². The van der Waals surface area contributed by atoms with Crippen LogP contribution in [-0.4, -0.2) is 26.6 Å². The van der Waals surface area contributed by atoms with E-state index < -0.39 is 11.5 Å². The molecule has 7 heteroatoms. The SMILES string of the molecule is Cc1cccc(C2(C(=O)Nc3ccc(NC(=O)C(C)n4cncn4)cc3)CC2)c1. The number of carbonyl (C=O) groups excluding carboxylic acids is 2. The summed E-state index contributed by atoms with van der Waals surface area (Å²) in [5.41, 5.74) is 3.16. The average Bonchev–Trinajstić information content (AvgIpc) is 3.36. The molecule has 0 radical (unpaired) electrons. The van der Waals surface area contributed by atoms with Gasteiger partial charge in [0.2, 0.25) is 11.8 Å². The van der Waals surface area contributed by atoms with Crippen LogP contribution in [0.15, 0.2) is 61.2 Å². The molecule has 4 rings (SSSR count). The van der Waals surface area contributed by atoms with E-state index in [0.717, 1.165) is 24.0 Å². The molecule has 1 saturated carbocycles. The van der Waals surface area contributed by atoms with E-state index >= 15 is 0 Å². The van der Waals surface area contributed by atoms with Crippen LogP contribution < -0.4 is 10.6 Å². The van der Waals surface area contributed by atoms with Gasteiger partial charge in [0.15, 0.2) is 0 Å². The minimum atomic E-state index is -0.471. The predicted octanol–water partition coefficient (Wildman–Crippen LogP) is 3.46. The normalized spacial score (nSPS) is 15.4. The molecule has 1 atom stereocenters. The van der Waals surface area contributed by atoms with Crippen LogP contribution in [0.2, 0.25) is 0 Å². The van der Waals surface area contributed by atoms with Crippen LogP contribution in [0.1, 0.15) is 36.9 Å². The van der Waals surface area contributed by atoms with Gasteiger partial charge in [-0.05, 0) is 56.5 Å². The highest BCUT2D eigenvalue weighted by molar-refractivity contribution is 6.01. The Bertz CT molecular complexity index is 1020. The van der Waals surface area contributed by atoms with E-state index in [-0.39, 0.29) is 11.8 Å². The monoisotopic (exact) mass is 389 g/mol. The zero-order valence-electron chi connectivity index (χ0n) is 16.4. The summed E-state index contributed by atoms with van der Waals surface area (Å²) in [7, 11) is 0. The molecule has 1 heterocycles. The minimum absolute atomic E-state index is 0.0136. The largest absolute Gasteiger partial charge is 0.325 e. The van der Waals surface area contributed by atoms with Crippen LogP contribution in [0, 0.1) is 6.92 Å². The highest BCUT2D eigenvalue weighted by Gasteiger charge is 2.51. The maximum Gasteiger partial charge on any atom is 0.249 e. The Kier molecular flexibility index (Phi) is 4.88. The van der Waals surface area contributed by atoms with Crippen molar-refractivity contribution < 1.29 is 9.59 Å². The number of hydrogen-bond donors (Lipinski definition) is 2. The number of amides is 2. The molecule has 0 spiro atoms. The lowest BCUT2D eigenvalue weighted by molar-refractivity contribution is -0.119. The van der Waals surface area contributed by atoms with Crippen molar-refractivity contribution in [2.24, 2.45) is 0 Å². The van der Waals surface area contributed by atoms with E-state index in [9.17, 15) is 9.59 Å². The third-order valence-electron chi connectivity index (χ3n) is 5.38. The average molecular weight is 389 g/mol. The van der Waals surface area contributed by atoms with E-state index in [1.165, 1.54) is 17.3 Å². The molecular formula is C22H23N5O2. The Hall–Kier alpha value is -3.48. The Labute approximate surface area is 169 Å². The van der Waals surface area contributed by atoms with Crippen molar-refractivity contribution in [1.29, 1.82) is 0 Å². The van der Waals surface area contributed by atoms with Crippen LogP contribution in [0.3, 0.4) is 0 Å². The third-order valence-corrected chi connectivity index (χ3v) is 5.38. The molecule has 2 amide bonds. The third kappa shape index (κ3) is 3.89. The molecule has 2 aromatic carbocycles. The lowest BCUT2D eigenvalue weighted by atomic mass is 9.93. The van der Waals surface area contributed by atoms with Crippen LogP contribution in [0.5, 0.6) is 0 Å². The first-order valence-corrected chi connectivity index (χ1v) is 9.62. The summed E-state index contributed by atoms with van der Waals surface area (Å²) in [4.78, 5) is 29.1. The Morgan fingerprint density at radius 2 is 1.76 bits per heavy atom. The minimum Gasteiger partial charge on any atom is -0.325 e. The summed E-state index contributed by atoms with van der Waals surface area (Å²) in [6, 6.07) is 14.8. The summed E-state index contributed by atoms with van der Waals surface area (Å²) in [5.74, 6) is -0.177. The molecular weight excluding hydrogens is 366 g/mol. The number of aromatic nitrogens is 3. The van der Waals surface area contributed by atoms with Crippen molar-refractivity contribution in [2.45, 2.75) is 38.1 Å². The highest BCUT2D eigenvalue weighted by Crippen LogP contribution is 2.49. The number of carbonyl (C=O) groups is 2. The topological polar surface area (TPSA) is 88.9 Å². The van der Waals surface area contributed by atoms with Crippen LogP contribution >= 0.6 is 0 Å². The lowest BCUT2D eigenvalue weighted by Gasteiger charge is -2.17. The number of benzene rings is 2. The van der Waals surface area contributed by atoms with Crippen LogP contribution in [-0.2, 0) is 15.0 Å². The summed E-state index contributed by atoms with van der Waals surface area (Å²) in [6.07, 6.45) is 4.61. The van der Waals surface area contributed by atoms with Gasteiger partial charge in [-0.15, -0.1) is 0 Å². The number of nitrogens with one attached hydrogen (secondary N) is 2. The smallest absolute Gasteiger partial charge is 0.249 e. The Morgan fingerprint density at radius 3 is 2.34 bits per heavy atom. The zero-order valence-corrected chi connectivity index (χ0v) is 16.4. The van der Waals surface area contributed by atoms with Crippen LogP contribution in [0.25, 0.3) is 0 Å². The van der Waals surface area contributed by atoms with Gasteiger partial charge in [0, 0.05) is 11.4 Å². The molecule has 1 aliphatic carbocycles. The van der Waals surface area contributed by atoms with E-state index in [0.29, 0.717) is 11.4 Å². The maximum atomic E-state index is 12.9. The molecule has 0 bridgehead atoms. The number of rotatable bonds is 6. The Balaban J connectivity index is 1.39. The molecule has 29 heavy (non-hydrogen) atoms. The summed E-state index contributed by atoms with van der Waals surface area (Å²) >= 11 is 0. The van der Waals surface area contributed by atoms with Gasteiger partial charge in [-0.25, -0.2) is 9.67 Å². The Morgan fingerprint density at radius 1 is 1.07 bits per heavy atom. The quantitative estimate of drug-likeness (QED) is 0.676. The maximum absolute atomic E-state index is 12.9. The summed E-state index contributed by atoms with van der Waals surface area (Å²) < 4.78 is 1.49. The fourth-order valence-corrected chi connectivity index (χ4v) is 3.39. The van der Waals surface area contributed by atoms with Gasteiger partial charge in [0.05, 0.1) is 5.41 Å². The van der Waals surface area contributed by atoms with E-state index in [4.69, 9.17) is 0 Å². The molecule has 1 aromatic heterocycles. The van der Waals surface area contributed by atoms with E-state index in [1.54, 1.807) is 31.2 Å². The number of anilines is 2. The fraction of sp³-hybridized carbons (Fsp3) is 0.273. The van der Waals surface area contributed by atoms with Crippen molar-refractivity contribution in [3.05, 3.63) is 72.3 Å². The van der Waals surface area contributed by atoms with E-state index in [2.05, 4.69) is 26.8 Å². The van der Waals surface area contributed by atoms with Gasteiger partial charge < -0.3 is 10.6 Å². The van der Waals surface area contributed by atoms with Crippen molar-refractivity contribution in [3.63, 3.8) is 0 Å². The van der Waals surface area contributed by atoms with Gasteiger partial charge in [-0.1, -0.05) is 29.8 Å². The van der Waals surface area contributed by atoms with Crippen molar-refractivity contribution in [2.75, 3.05) is 10.6 Å². The van der Waals surface area contributed by atoms with E-state index in [1.807, 2.05) is 25.1 Å². The lowest BCUT2D eigenvalue weighted by Crippen LogP contribution is -2.28. The van der Waals surface area contributed by atoms with Gasteiger partial charge in [0.1, 0.15) is 18.7 Å². The fourth-order valence-electron chi connectivity index (χ4n) is 3.39. The second-order valence-corrected chi connectivity index (χ2v) is 7.52. The highest BCUT2D eigenvalue weighted by atomic mass is 16.2. The first-order chi connectivity index (χ1) is 14.0. The number of hydrogen-bond acceptors (Lipinski definition) is 4. The van der Waals surface area contributed by atoms with Gasteiger partial charge in [0.25, 0.3) is 0 Å². The molecule has 7 nitrogen and oxygen atoms in total. The predicted molar refractivity (Wildman–Crippen MR) is 111 cm³/mol. The molecule has 3 aromatic rings. The van der Waals surface area contributed by atoms with Crippen molar-refractivity contribution in [1.82, 2.24) is 14.8 Å². The molecule has 2 N–H and O–H groups in total. The standard InChI is InChI=1S/C22H23N5O2/c1-15-4-3-5-17(12-15)22(10-11-22)21(29)26-19-8-6-18(7-9-19)25-20(28)16(2)27-14-23-13-24-27/h3-9,12-14,16H,10-11H2,1-2H3,(H,25,28)(H,26,29). The second-order valence-electron chi connectivity index (χ2n) is 7.52. The molecule has 0 saturated heterocycles. The second kappa shape index (κ2) is 7.50. The van der Waals surface area contributed by atoms with Gasteiger partial charge in [-0.3, -0.25) is 9.59 Å². The molecule has 1 unspecified atom stereocenters. The van der Waals surface area contributed by atoms with Crippen molar-refractivity contribution >= 4 is 23.2 Å². The number of aryl methyl sites for hydroxylation is 1. The summed E-state index contributed by atoms with van der Waals surface area (Å²) in [6.45, 7) is 3.78. The van der Waals surface area contributed by atoms with Crippen molar-refractivity contribution in [3.8, 4) is 0 Å². The molecule has 148 valence electrons. The summed E-state index contributed by atoms with van der Waals surface area (Å²) in [5, 5.41) is 9.84. The first kappa shape index (κ1) is 18.9. The molecule has 0 aliphatic heterocycles. The van der Waals surface area contributed by atoms with Crippen LogP contribution in [0.4, 0.5) is 11.4 Å². The molecule has 1 fully saturated rings. The molecule has 1 aliphatic rings.